The maximum Gasteiger partial charge on any atom is 0.341 e. The highest BCUT2D eigenvalue weighted by Gasteiger charge is 2.14. The third kappa shape index (κ3) is 2.11. The zero-order valence-corrected chi connectivity index (χ0v) is 8.93. The smallest absolute Gasteiger partial charge is 0.341 e. The molecule has 0 radical (unpaired) electrons. The molecule has 0 atom stereocenters. The van der Waals surface area contributed by atoms with Crippen LogP contribution in [-0.2, 0) is 11.2 Å². The van der Waals surface area contributed by atoms with Crippen LogP contribution in [0.1, 0.15) is 21.6 Å². The molecule has 0 aliphatic heterocycles. The molecule has 82 valence electrons. The summed E-state index contributed by atoms with van der Waals surface area (Å²) in [5.74, 6) is -0.361. The van der Waals surface area contributed by atoms with Crippen molar-refractivity contribution in [2.45, 2.75) is 6.42 Å². The summed E-state index contributed by atoms with van der Waals surface area (Å²) in [6.45, 7) is 0. The molecule has 2 rings (SSSR count). The lowest BCUT2D eigenvalue weighted by molar-refractivity contribution is 0.0599. The molecule has 1 N–H and O–H groups in total. The standard InChI is InChI=1S/C12H12N2O2/c1-16-12(15)10-8-13-14-11(10)7-9-5-3-2-4-6-9/h2-6,8H,7H2,1H3,(H,13,14). The maximum absolute atomic E-state index is 11.4. The van der Waals surface area contributed by atoms with Crippen LogP contribution in [0.15, 0.2) is 36.5 Å². The quantitative estimate of drug-likeness (QED) is 0.796. The van der Waals surface area contributed by atoms with Crippen LogP contribution >= 0.6 is 0 Å². The van der Waals surface area contributed by atoms with E-state index in [1.54, 1.807) is 6.20 Å². The van der Waals surface area contributed by atoms with Gasteiger partial charge in [-0.05, 0) is 5.56 Å². The van der Waals surface area contributed by atoms with Crippen LogP contribution in [0, 0.1) is 0 Å². The number of aromatic nitrogens is 2. The first kappa shape index (κ1) is 10.4. The van der Waals surface area contributed by atoms with Crippen molar-refractivity contribution in [2.24, 2.45) is 0 Å². The monoisotopic (exact) mass is 216 g/mol. The van der Waals surface area contributed by atoms with E-state index in [4.69, 9.17) is 0 Å². The van der Waals surface area contributed by atoms with E-state index in [0.29, 0.717) is 17.7 Å². The lowest BCUT2D eigenvalue weighted by atomic mass is 10.1. The van der Waals surface area contributed by atoms with Crippen molar-refractivity contribution >= 4 is 5.97 Å². The van der Waals surface area contributed by atoms with E-state index in [1.807, 2.05) is 30.3 Å². The van der Waals surface area contributed by atoms with Gasteiger partial charge < -0.3 is 4.74 Å². The number of methoxy groups -OCH3 is 1. The molecule has 1 aromatic heterocycles. The normalized spacial score (nSPS) is 10.1. The van der Waals surface area contributed by atoms with Crippen molar-refractivity contribution in [1.29, 1.82) is 0 Å². The van der Waals surface area contributed by atoms with Gasteiger partial charge in [0.05, 0.1) is 12.8 Å². The number of aromatic amines is 1. The lowest BCUT2D eigenvalue weighted by Gasteiger charge is -2.00. The van der Waals surface area contributed by atoms with Crippen molar-refractivity contribution < 1.29 is 9.53 Å². The fraction of sp³-hybridized carbons (Fsp3) is 0.167. The predicted octanol–water partition coefficient (Wildman–Crippen LogP) is 1.79. The van der Waals surface area contributed by atoms with Gasteiger partial charge in [0.2, 0.25) is 0 Å². The minimum atomic E-state index is -0.361. The van der Waals surface area contributed by atoms with E-state index < -0.39 is 0 Å². The van der Waals surface area contributed by atoms with E-state index in [9.17, 15) is 4.79 Å². The number of ether oxygens (including phenoxy) is 1. The Balaban J connectivity index is 2.22. The first-order chi connectivity index (χ1) is 7.81. The van der Waals surface area contributed by atoms with Crippen LogP contribution in [0.2, 0.25) is 0 Å². The number of esters is 1. The molecule has 0 spiro atoms. The van der Waals surface area contributed by atoms with Crippen LogP contribution in [-0.4, -0.2) is 23.3 Å². The first-order valence-corrected chi connectivity index (χ1v) is 4.96. The molecule has 0 unspecified atom stereocenters. The summed E-state index contributed by atoms with van der Waals surface area (Å²) in [6.07, 6.45) is 2.18. The minimum Gasteiger partial charge on any atom is -0.465 e. The van der Waals surface area contributed by atoms with Crippen molar-refractivity contribution in [1.82, 2.24) is 10.2 Å². The number of hydrogen-bond acceptors (Lipinski definition) is 3. The number of carbonyl (C=O) groups excluding carboxylic acids is 1. The summed E-state index contributed by atoms with van der Waals surface area (Å²) in [6, 6.07) is 9.86. The summed E-state index contributed by atoms with van der Waals surface area (Å²) in [5.41, 5.74) is 2.31. The molecule has 0 saturated carbocycles. The summed E-state index contributed by atoms with van der Waals surface area (Å²) >= 11 is 0. The molecule has 0 fully saturated rings. The topological polar surface area (TPSA) is 55.0 Å². The summed E-state index contributed by atoms with van der Waals surface area (Å²) in [7, 11) is 1.36. The maximum atomic E-state index is 11.4. The zero-order chi connectivity index (χ0) is 11.4. The van der Waals surface area contributed by atoms with Gasteiger partial charge in [0, 0.05) is 12.6 Å². The molecule has 4 nitrogen and oxygen atoms in total. The molecule has 2 aromatic rings. The zero-order valence-electron chi connectivity index (χ0n) is 8.93. The van der Waals surface area contributed by atoms with Crippen LogP contribution in [0.25, 0.3) is 0 Å². The number of benzene rings is 1. The first-order valence-electron chi connectivity index (χ1n) is 4.96. The van der Waals surface area contributed by atoms with Gasteiger partial charge in [-0.25, -0.2) is 4.79 Å². The second-order valence-electron chi connectivity index (χ2n) is 3.40. The SMILES string of the molecule is COC(=O)c1c[nH]nc1Cc1ccccc1. The van der Waals surface area contributed by atoms with Crippen LogP contribution in [0.3, 0.4) is 0 Å². The average molecular weight is 216 g/mol. The second kappa shape index (κ2) is 4.61. The van der Waals surface area contributed by atoms with Crippen LogP contribution in [0.5, 0.6) is 0 Å². The highest BCUT2D eigenvalue weighted by atomic mass is 16.5. The van der Waals surface area contributed by atoms with Gasteiger partial charge in [0.25, 0.3) is 0 Å². The molecule has 0 aliphatic carbocycles. The molecule has 0 saturated heterocycles. The predicted molar refractivity (Wildman–Crippen MR) is 59.2 cm³/mol. The fourth-order valence-corrected chi connectivity index (χ4v) is 1.53. The van der Waals surface area contributed by atoms with E-state index in [-0.39, 0.29) is 5.97 Å². The minimum absolute atomic E-state index is 0.361. The van der Waals surface area contributed by atoms with E-state index in [0.717, 1.165) is 5.56 Å². The van der Waals surface area contributed by atoms with Gasteiger partial charge in [-0.3, -0.25) is 5.10 Å². The van der Waals surface area contributed by atoms with Gasteiger partial charge in [0.1, 0.15) is 5.56 Å². The van der Waals surface area contributed by atoms with Gasteiger partial charge in [0.15, 0.2) is 0 Å². The Morgan fingerprint density at radius 1 is 1.38 bits per heavy atom. The van der Waals surface area contributed by atoms with Crippen molar-refractivity contribution in [3.05, 3.63) is 53.3 Å². The lowest BCUT2D eigenvalue weighted by Crippen LogP contribution is -2.04. The van der Waals surface area contributed by atoms with Gasteiger partial charge >= 0.3 is 5.97 Å². The molecular weight excluding hydrogens is 204 g/mol. The van der Waals surface area contributed by atoms with E-state index in [1.165, 1.54) is 7.11 Å². The number of nitrogens with zero attached hydrogens (tertiary/aromatic N) is 1. The van der Waals surface area contributed by atoms with Gasteiger partial charge in [-0.1, -0.05) is 30.3 Å². The van der Waals surface area contributed by atoms with Gasteiger partial charge in [-0.15, -0.1) is 0 Å². The molecule has 0 bridgehead atoms. The van der Waals surface area contributed by atoms with E-state index in [2.05, 4.69) is 14.9 Å². The Kier molecular flexibility index (Phi) is 3.00. The highest BCUT2D eigenvalue weighted by Crippen LogP contribution is 2.12. The largest absolute Gasteiger partial charge is 0.465 e. The fourth-order valence-electron chi connectivity index (χ4n) is 1.53. The molecular formula is C12H12N2O2. The number of nitrogens with one attached hydrogen (secondary N) is 1. The molecule has 1 heterocycles. The second-order valence-corrected chi connectivity index (χ2v) is 3.40. The number of rotatable bonds is 3. The summed E-state index contributed by atoms with van der Waals surface area (Å²) in [4.78, 5) is 11.4. The average Bonchev–Trinajstić information content (AvgIpc) is 2.77. The summed E-state index contributed by atoms with van der Waals surface area (Å²) in [5, 5.41) is 6.74. The third-order valence-corrected chi connectivity index (χ3v) is 2.34. The Bertz CT molecular complexity index is 477. The molecule has 0 amide bonds. The van der Waals surface area contributed by atoms with Crippen LogP contribution in [0.4, 0.5) is 0 Å². The Morgan fingerprint density at radius 2 is 2.12 bits per heavy atom. The van der Waals surface area contributed by atoms with Crippen LogP contribution < -0.4 is 0 Å². The van der Waals surface area contributed by atoms with Gasteiger partial charge in [-0.2, -0.15) is 5.10 Å². The summed E-state index contributed by atoms with van der Waals surface area (Å²) < 4.78 is 4.67. The molecule has 16 heavy (non-hydrogen) atoms. The Labute approximate surface area is 93.3 Å². The van der Waals surface area contributed by atoms with Crippen molar-refractivity contribution in [3.8, 4) is 0 Å². The molecule has 1 aromatic carbocycles. The Morgan fingerprint density at radius 3 is 2.81 bits per heavy atom. The number of carbonyl (C=O) groups is 1. The van der Waals surface area contributed by atoms with Crippen molar-refractivity contribution in [3.63, 3.8) is 0 Å². The number of H-pyrrole nitrogens is 1. The molecule has 0 aliphatic rings. The Hall–Kier alpha value is -2.10. The third-order valence-electron chi connectivity index (χ3n) is 2.34. The van der Waals surface area contributed by atoms with Crippen molar-refractivity contribution in [2.75, 3.05) is 7.11 Å². The highest BCUT2D eigenvalue weighted by molar-refractivity contribution is 5.90. The van der Waals surface area contributed by atoms with E-state index >= 15 is 0 Å². The molecule has 4 heteroatoms. The number of hydrogen-bond donors (Lipinski definition) is 1.